The fraction of sp³-hybridized carbons (Fsp3) is 0.462. The Morgan fingerprint density at radius 1 is 1.47 bits per heavy atom. The summed E-state index contributed by atoms with van der Waals surface area (Å²) in [6.45, 7) is 1.08. The van der Waals surface area contributed by atoms with Crippen molar-refractivity contribution in [1.29, 1.82) is 0 Å². The molecule has 0 saturated carbocycles. The minimum Gasteiger partial charge on any atom is -0.391 e. The normalized spacial score (nSPS) is 12.2. The van der Waals surface area contributed by atoms with Crippen molar-refractivity contribution in [3.05, 3.63) is 28.7 Å². The van der Waals surface area contributed by atoms with Crippen LogP contribution >= 0.6 is 15.9 Å². The number of rotatable bonds is 8. The monoisotopic (exact) mass is 330 g/mol. The zero-order valence-electron chi connectivity index (χ0n) is 10.9. The summed E-state index contributed by atoms with van der Waals surface area (Å²) in [5, 5.41) is 15.2. The molecule has 0 spiro atoms. The van der Waals surface area contributed by atoms with Crippen molar-refractivity contribution in [3.63, 3.8) is 0 Å². The number of para-hydroxylation sites is 1. The van der Waals surface area contributed by atoms with Crippen molar-refractivity contribution in [2.24, 2.45) is 0 Å². The van der Waals surface area contributed by atoms with Gasteiger partial charge in [-0.15, -0.1) is 0 Å². The van der Waals surface area contributed by atoms with Crippen molar-refractivity contribution in [2.75, 3.05) is 32.1 Å². The molecule has 1 aromatic carbocycles. The van der Waals surface area contributed by atoms with Gasteiger partial charge in [0, 0.05) is 11.6 Å². The molecular weight excluding hydrogens is 312 g/mol. The molecule has 1 amide bonds. The van der Waals surface area contributed by atoms with Gasteiger partial charge < -0.3 is 20.5 Å². The molecule has 0 saturated heterocycles. The third kappa shape index (κ3) is 6.68. The molecule has 0 aliphatic carbocycles. The van der Waals surface area contributed by atoms with E-state index in [0.29, 0.717) is 19.6 Å². The van der Waals surface area contributed by atoms with Crippen molar-refractivity contribution >= 4 is 27.5 Å². The van der Waals surface area contributed by atoms with Gasteiger partial charge in [0.05, 0.1) is 24.9 Å². The molecule has 0 aromatic heterocycles. The lowest BCUT2D eigenvalue weighted by molar-refractivity contribution is -0.115. The van der Waals surface area contributed by atoms with E-state index in [2.05, 4.69) is 26.6 Å². The first-order valence-corrected chi connectivity index (χ1v) is 6.85. The Morgan fingerprint density at radius 3 is 2.89 bits per heavy atom. The summed E-state index contributed by atoms with van der Waals surface area (Å²) < 4.78 is 5.66. The molecule has 19 heavy (non-hydrogen) atoms. The highest BCUT2D eigenvalue weighted by atomic mass is 79.9. The van der Waals surface area contributed by atoms with Gasteiger partial charge in [0.25, 0.3) is 0 Å². The summed E-state index contributed by atoms with van der Waals surface area (Å²) in [6, 6.07) is 7.43. The minimum atomic E-state index is -0.496. The summed E-state index contributed by atoms with van der Waals surface area (Å²) >= 11 is 3.36. The summed E-state index contributed by atoms with van der Waals surface area (Å²) in [7, 11) is 1.54. The second-order valence-corrected chi connectivity index (χ2v) is 4.96. The second kappa shape index (κ2) is 9.03. The number of hydrogen-bond donors (Lipinski definition) is 3. The van der Waals surface area contributed by atoms with Crippen LogP contribution in [0, 0.1) is 0 Å². The first-order chi connectivity index (χ1) is 9.13. The number of ether oxygens (including phenoxy) is 1. The van der Waals surface area contributed by atoms with E-state index < -0.39 is 6.10 Å². The number of carbonyl (C=O) groups excluding carboxylic acids is 1. The van der Waals surface area contributed by atoms with Crippen LogP contribution in [-0.2, 0) is 9.53 Å². The Hall–Kier alpha value is -0.950. The minimum absolute atomic E-state index is 0.117. The molecule has 0 aliphatic heterocycles. The van der Waals surface area contributed by atoms with Crippen LogP contribution in [0.5, 0.6) is 0 Å². The number of anilines is 1. The summed E-state index contributed by atoms with van der Waals surface area (Å²) in [5.74, 6) is -0.117. The quantitative estimate of drug-likeness (QED) is 0.630. The van der Waals surface area contributed by atoms with E-state index in [1.165, 1.54) is 0 Å². The molecule has 6 heteroatoms. The van der Waals surface area contributed by atoms with Gasteiger partial charge in [0.1, 0.15) is 0 Å². The maximum atomic E-state index is 11.7. The van der Waals surface area contributed by atoms with Gasteiger partial charge in [-0.05, 0) is 41.0 Å². The Bertz CT molecular complexity index is 401. The molecule has 1 atom stereocenters. The van der Waals surface area contributed by atoms with Gasteiger partial charge in [-0.3, -0.25) is 4.79 Å². The topological polar surface area (TPSA) is 70.6 Å². The maximum absolute atomic E-state index is 11.7. The molecule has 5 nitrogen and oxygen atoms in total. The first-order valence-electron chi connectivity index (χ1n) is 6.05. The van der Waals surface area contributed by atoms with Crippen molar-refractivity contribution in [3.8, 4) is 0 Å². The molecule has 3 N–H and O–H groups in total. The van der Waals surface area contributed by atoms with Gasteiger partial charge in [-0.25, -0.2) is 0 Å². The molecule has 0 radical (unpaired) electrons. The standard InChI is InChI=1S/C13H19BrN2O3/c1-19-9-10(17)6-7-15-8-13(18)16-12-5-3-2-4-11(12)14/h2-5,10,15,17H,6-9H2,1H3,(H,16,18). The molecular formula is C13H19BrN2O3. The van der Waals surface area contributed by atoms with Crippen LogP contribution in [0.3, 0.4) is 0 Å². The van der Waals surface area contributed by atoms with E-state index in [0.717, 1.165) is 10.2 Å². The summed E-state index contributed by atoms with van der Waals surface area (Å²) in [5.41, 5.74) is 0.744. The van der Waals surface area contributed by atoms with Gasteiger partial charge >= 0.3 is 0 Å². The van der Waals surface area contributed by atoms with Gasteiger partial charge in [0.15, 0.2) is 0 Å². The number of aliphatic hydroxyl groups excluding tert-OH is 1. The van der Waals surface area contributed by atoms with E-state index in [4.69, 9.17) is 4.74 Å². The lowest BCUT2D eigenvalue weighted by atomic mass is 10.2. The molecule has 1 unspecified atom stereocenters. The number of nitrogens with one attached hydrogen (secondary N) is 2. The van der Waals surface area contributed by atoms with Gasteiger partial charge in [0.2, 0.25) is 5.91 Å². The second-order valence-electron chi connectivity index (χ2n) is 4.10. The van der Waals surface area contributed by atoms with E-state index in [9.17, 15) is 9.90 Å². The molecule has 1 aromatic rings. The van der Waals surface area contributed by atoms with Crippen LogP contribution in [0.4, 0.5) is 5.69 Å². The van der Waals surface area contributed by atoms with E-state index in [-0.39, 0.29) is 12.5 Å². The molecule has 106 valence electrons. The van der Waals surface area contributed by atoms with Crippen LogP contribution in [0.25, 0.3) is 0 Å². The van der Waals surface area contributed by atoms with Gasteiger partial charge in [-0.1, -0.05) is 12.1 Å². The van der Waals surface area contributed by atoms with E-state index in [1.54, 1.807) is 7.11 Å². The molecule has 1 rings (SSSR count). The lowest BCUT2D eigenvalue weighted by Crippen LogP contribution is -2.31. The van der Waals surface area contributed by atoms with Crippen LogP contribution in [0.1, 0.15) is 6.42 Å². The smallest absolute Gasteiger partial charge is 0.238 e. The zero-order chi connectivity index (χ0) is 14.1. The Morgan fingerprint density at radius 2 is 2.21 bits per heavy atom. The average Bonchev–Trinajstić information content (AvgIpc) is 2.38. The number of aliphatic hydroxyl groups is 1. The third-order valence-corrected chi connectivity index (χ3v) is 3.14. The predicted octanol–water partition coefficient (Wildman–Crippen LogP) is 1.37. The number of carbonyl (C=O) groups is 1. The van der Waals surface area contributed by atoms with E-state index >= 15 is 0 Å². The van der Waals surface area contributed by atoms with Crippen molar-refractivity contribution in [1.82, 2.24) is 5.32 Å². The molecule has 0 fully saturated rings. The highest BCUT2D eigenvalue weighted by molar-refractivity contribution is 9.10. The van der Waals surface area contributed by atoms with Crippen LogP contribution in [0.15, 0.2) is 28.7 Å². The number of methoxy groups -OCH3 is 1. The van der Waals surface area contributed by atoms with Crippen LogP contribution in [-0.4, -0.2) is 43.9 Å². The van der Waals surface area contributed by atoms with Crippen LogP contribution < -0.4 is 10.6 Å². The van der Waals surface area contributed by atoms with Gasteiger partial charge in [-0.2, -0.15) is 0 Å². The Kier molecular flexibility index (Phi) is 7.66. The number of hydrogen-bond acceptors (Lipinski definition) is 4. The third-order valence-electron chi connectivity index (χ3n) is 2.45. The highest BCUT2D eigenvalue weighted by Crippen LogP contribution is 2.20. The van der Waals surface area contributed by atoms with Crippen LogP contribution in [0.2, 0.25) is 0 Å². The summed E-state index contributed by atoms with van der Waals surface area (Å²) in [6.07, 6.45) is 0.0553. The highest BCUT2D eigenvalue weighted by Gasteiger charge is 2.06. The summed E-state index contributed by atoms with van der Waals surface area (Å²) in [4.78, 5) is 11.7. The molecule has 0 aliphatic rings. The fourth-order valence-electron chi connectivity index (χ4n) is 1.50. The number of amides is 1. The fourth-order valence-corrected chi connectivity index (χ4v) is 1.89. The molecule has 0 bridgehead atoms. The van der Waals surface area contributed by atoms with E-state index in [1.807, 2.05) is 24.3 Å². The first kappa shape index (κ1) is 16.1. The largest absolute Gasteiger partial charge is 0.391 e. The number of halogens is 1. The SMILES string of the molecule is COCC(O)CCNCC(=O)Nc1ccccc1Br. The predicted molar refractivity (Wildman–Crippen MR) is 78.1 cm³/mol. The Labute approximate surface area is 121 Å². The lowest BCUT2D eigenvalue weighted by Gasteiger charge is -2.10. The van der Waals surface area contributed by atoms with Crippen molar-refractivity contribution < 1.29 is 14.6 Å². The number of benzene rings is 1. The average molecular weight is 331 g/mol. The molecule has 0 heterocycles. The van der Waals surface area contributed by atoms with Crippen molar-refractivity contribution in [2.45, 2.75) is 12.5 Å². The Balaban J connectivity index is 2.20. The zero-order valence-corrected chi connectivity index (χ0v) is 12.4. The maximum Gasteiger partial charge on any atom is 0.238 e.